The van der Waals surface area contributed by atoms with Crippen molar-refractivity contribution in [2.24, 2.45) is 0 Å². The minimum absolute atomic E-state index is 0.0784. The lowest BCUT2D eigenvalue weighted by atomic mass is 10.1. The van der Waals surface area contributed by atoms with Crippen LogP contribution in [0.4, 0.5) is 10.1 Å². The number of nitrogens with zero attached hydrogens (tertiary/aromatic N) is 1. The van der Waals surface area contributed by atoms with E-state index in [2.05, 4.69) is 4.74 Å². The Morgan fingerprint density at radius 3 is 2.74 bits per heavy atom. The van der Waals surface area contributed by atoms with E-state index in [0.717, 1.165) is 5.56 Å². The Balaban J connectivity index is 1.97. The predicted molar refractivity (Wildman–Crippen MR) is 84.6 cm³/mol. The zero-order valence-corrected chi connectivity index (χ0v) is 13.1. The van der Waals surface area contributed by atoms with Gasteiger partial charge in [-0.05, 0) is 42.3 Å². The lowest BCUT2D eigenvalue weighted by Gasteiger charge is -2.18. The molecule has 0 aliphatic carbocycles. The molecular formula is C17H13ClFNO3. The number of carbonyl (C=O) groups excluding carboxylic acids is 2. The van der Waals surface area contributed by atoms with Crippen molar-refractivity contribution < 1.29 is 18.7 Å². The third-order valence-corrected chi connectivity index (χ3v) is 4.13. The Kier molecular flexibility index (Phi) is 4.05. The van der Waals surface area contributed by atoms with Gasteiger partial charge in [0.1, 0.15) is 5.82 Å². The second-order valence-corrected chi connectivity index (χ2v) is 5.55. The van der Waals surface area contributed by atoms with Crippen LogP contribution in [0.3, 0.4) is 0 Å². The van der Waals surface area contributed by atoms with Crippen LogP contribution >= 0.6 is 11.6 Å². The summed E-state index contributed by atoms with van der Waals surface area (Å²) in [6.07, 6.45) is 0.581. The topological polar surface area (TPSA) is 46.6 Å². The van der Waals surface area contributed by atoms with Crippen molar-refractivity contribution in [1.29, 1.82) is 0 Å². The number of benzene rings is 2. The van der Waals surface area contributed by atoms with E-state index in [9.17, 15) is 14.0 Å². The molecule has 0 aromatic heterocycles. The van der Waals surface area contributed by atoms with E-state index in [-0.39, 0.29) is 10.6 Å². The SMILES string of the molecule is COC(=O)c1ccc2c(c1)CCN2C(=O)c1c(F)cccc1Cl. The van der Waals surface area contributed by atoms with Crippen molar-refractivity contribution in [3.05, 3.63) is 63.9 Å². The van der Waals surface area contributed by atoms with Crippen LogP contribution in [0.15, 0.2) is 36.4 Å². The number of fused-ring (bicyclic) bond motifs is 1. The van der Waals surface area contributed by atoms with Gasteiger partial charge in [0.25, 0.3) is 5.91 Å². The van der Waals surface area contributed by atoms with Crippen LogP contribution in [-0.2, 0) is 11.2 Å². The molecule has 0 radical (unpaired) electrons. The summed E-state index contributed by atoms with van der Waals surface area (Å²) in [7, 11) is 1.31. The maximum Gasteiger partial charge on any atom is 0.337 e. The first-order valence-electron chi connectivity index (χ1n) is 7.00. The van der Waals surface area contributed by atoms with E-state index in [1.165, 1.54) is 30.2 Å². The molecule has 0 unspecified atom stereocenters. The van der Waals surface area contributed by atoms with Crippen LogP contribution in [0, 0.1) is 5.82 Å². The normalized spacial score (nSPS) is 12.9. The van der Waals surface area contributed by atoms with Gasteiger partial charge in [-0.15, -0.1) is 0 Å². The van der Waals surface area contributed by atoms with Crippen LogP contribution in [0.5, 0.6) is 0 Å². The van der Waals surface area contributed by atoms with Crippen molar-refractivity contribution in [3.63, 3.8) is 0 Å². The van der Waals surface area contributed by atoms with Crippen molar-refractivity contribution >= 4 is 29.2 Å². The molecule has 4 nitrogen and oxygen atoms in total. The van der Waals surface area contributed by atoms with Gasteiger partial charge in [-0.25, -0.2) is 9.18 Å². The molecule has 1 aliphatic rings. The van der Waals surface area contributed by atoms with E-state index in [4.69, 9.17) is 11.6 Å². The van der Waals surface area contributed by atoms with Crippen molar-refractivity contribution in [2.45, 2.75) is 6.42 Å². The summed E-state index contributed by atoms with van der Waals surface area (Å²) in [5, 5.41) is 0.0784. The standard InChI is InChI=1S/C17H13ClFNO3/c1-23-17(22)11-5-6-14-10(9-11)7-8-20(14)16(21)15-12(18)3-2-4-13(15)19/h2-6,9H,7-8H2,1H3. The molecule has 6 heteroatoms. The molecule has 2 aromatic carbocycles. The third kappa shape index (κ3) is 2.68. The lowest BCUT2D eigenvalue weighted by molar-refractivity contribution is 0.0600. The second kappa shape index (κ2) is 6.01. The van der Waals surface area contributed by atoms with Crippen LogP contribution in [0.1, 0.15) is 26.3 Å². The van der Waals surface area contributed by atoms with E-state index in [1.807, 2.05) is 0 Å². The smallest absolute Gasteiger partial charge is 0.337 e. The third-order valence-electron chi connectivity index (χ3n) is 3.82. The van der Waals surface area contributed by atoms with Gasteiger partial charge >= 0.3 is 5.97 Å². The highest BCUT2D eigenvalue weighted by atomic mass is 35.5. The lowest BCUT2D eigenvalue weighted by Crippen LogP contribution is -2.30. The summed E-state index contributed by atoms with van der Waals surface area (Å²) in [5.74, 6) is -1.57. The number of hydrogen-bond acceptors (Lipinski definition) is 3. The molecule has 23 heavy (non-hydrogen) atoms. The van der Waals surface area contributed by atoms with Crippen LogP contribution in [0.2, 0.25) is 5.02 Å². The molecule has 0 saturated carbocycles. The Hall–Kier alpha value is -2.40. The van der Waals surface area contributed by atoms with E-state index in [0.29, 0.717) is 24.2 Å². The number of hydrogen-bond donors (Lipinski definition) is 0. The molecule has 1 amide bonds. The van der Waals surface area contributed by atoms with E-state index >= 15 is 0 Å². The van der Waals surface area contributed by atoms with E-state index in [1.54, 1.807) is 18.2 Å². The van der Waals surface area contributed by atoms with Gasteiger partial charge in [0, 0.05) is 12.2 Å². The average Bonchev–Trinajstić information content (AvgIpc) is 2.96. The fraction of sp³-hybridized carbons (Fsp3) is 0.176. The highest BCUT2D eigenvalue weighted by Gasteiger charge is 2.29. The van der Waals surface area contributed by atoms with Gasteiger partial charge in [-0.3, -0.25) is 4.79 Å². The molecule has 0 saturated heterocycles. The fourth-order valence-corrected chi connectivity index (χ4v) is 2.94. The van der Waals surface area contributed by atoms with Crippen LogP contribution in [-0.4, -0.2) is 25.5 Å². The fourth-order valence-electron chi connectivity index (χ4n) is 2.69. The first-order valence-corrected chi connectivity index (χ1v) is 7.38. The molecule has 2 aromatic rings. The first kappa shape index (κ1) is 15.5. The Morgan fingerprint density at radius 1 is 1.26 bits per heavy atom. The monoisotopic (exact) mass is 333 g/mol. The largest absolute Gasteiger partial charge is 0.465 e. The summed E-state index contributed by atoms with van der Waals surface area (Å²) in [6.45, 7) is 0.406. The highest BCUT2D eigenvalue weighted by molar-refractivity contribution is 6.34. The molecule has 0 spiro atoms. The number of carbonyl (C=O) groups is 2. The molecule has 118 valence electrons. The van der Waals surface area contributed by atoms with Crippen molar-refractivity contribution in [3.8, 4) is 0 Å². The Labute approximate surface area is 137 Å². The molecule has 0 fully saturated rings. The van der Waals surface area contributed by atoms with Gasteiger partial charge in [0.2, 0.25) is 0 Å². The van der Waals surface area contributed by atoms with Crippen molar-refractivity contribution in [2.75, 3.05) is 18.6 Å². The first-order chi connectivity index (χ1) is 11.0. The molecule has 0 atom stereocenters. The van der Waals surface area contributed by atoms with Crippen molar-refractivity contribution in [1.82, 2.24) is 0 Å². The predicted octanol–water partition coefficient (Wildman–Crippen LogP) is 3.47. The van der Waals surface area contributed by atoms with Gasteiger partial charge in [0.05, 0.1) is 23.3 Å². The number of rotatable bonds is 2. The zero-order chi connectivity index (χ0) is 16.6. The molecule has 1 aliphatic heterocycles. The number of anilines is 1. The average molecular weight is 334 g/mol. The summed E-state index contributed by atoms with van der Waals surface area (Å²) in [4.78, 5) is 25.7. The quantitative estimate of drug-likeness (QED) is 0.791. The van der Waals surface area contributed by atoms with Gasteiger partial charge < -0.3 is 9.64 Å². The number of esters is 1. The molecular weight excluding hydrogens is 321 g/mol. The summed E-state index contributed by atoms with van der Waals surface area (Å²) in [6, 6.07) is 9.08. The molecule has 0 N–H and O–H groups in total. The molecule has 3 rings (SSSR count). The maximum absolute atomic E-state index is 14.0. The van der Waals surface area contributed by atoms with Crippen LogP contribution in [0.25, 0.3) is 0 Å². The van der Waals surface area contributed by atoms with Gasteiger partial charge in [-0.1, -0.05) is 17.7 Å². The number of halogens is 2. The number of methoxy groups -OCH3 is 1. The Morgan fingerprint density at radius 2 is 2.04 bits per heavy atom. The summed E-state index contributed by atoms with van der Waals surface area (Å²) < 4.78 is 18.6. The summed E-state index contributed by atoms with van der Waals surface area (Å²) >= 11 is 5.97. The van der Waals surface area contributed by atoms with Crippen LogP contribution < -0.4 is 4.90 Å². The zero-order valence-electron chi connectivity index (χ0n) is 12.3. The number of amides is 1. The van der Waals surface area contributed by atoms with Gasteiger partial charge in [-0.2, -0.15) is 0 Å². The molecule has 1 heterocycles. The summed E-state index contributed by atoms with van der Waals surface area (Å²) in [5.41, 5.74) is 1.78. The molecule has 0 bridgehead atoms. The maximum atomic E-state index is 14.0. The second-order valence-electron chi connectivity index (χ2n) is 5.14. The van der Waals surface area contributed by atoms with Gasteiger partial charge in [0.15, 0.2) is 0 Å². The number of ether oxygens (including phenoxy) is 1. The highest BCUT2D eigenvalue weighted by Crippen LogP contribution is 2.32. The minimum atomic E-state index is -0.651. The van der Waals surface area contributed by atoms with E-state index < -0.39 is 17.7 Å². The minimum Gasteiger partial charge on any atom is -0.465 e. The Bertz CT molecular complexity index is 786.